The first-order chi connectivity index (χ1) is 13.5. The molecule has 0 saturated carbocycles. The van der Waals surface area contributed by atoms with Gasteiger partial charge in [-0.05, 0) is 49.1 Å². The third-order valence-electron chi connectivity index (χ3n) is 5.16. The Bertz CT molecular complexity index is 997. The topological polar surface area (TPSA) is 89.3 Å². The van der Waals surface area contributed by atoms with Crippen molar-refractivity contribution in [3.05, 3.63) is 59.2 Å². The number of ether oxygens (including phenoxy) is 1. The summed E-state index contributed by atoms with van der Waals surface area (Å²) in [5, 5.41) is 14.0. The number of hydrogen-bond donors (Lipinski definition) is 2. The summed E-state index contributed by atoms with van der Waals surface area (Å²) in [5.41, 5.74) is 4.15. The lowest BCUT2D eigenvalue weighted by molar-refractivity contribution is -0.0140. The minimum Gasteiger partial charge on any atom is -0.391 e. The van der Waals surface area contributed by atoms with Crippen molar-refractivity contribution in [1.82, 2.24) is 19.9 Å². The molecule has 28 heavy (non-hydrogen) atoms. The Morgan fingerprint density at radius 2 is 2.25 bits per heavy atom. The van der Waals surface area contributed by atoms with Crippen molar-refractivity contribution in [2.24, 2.45) is 7.05 Å². The molecule has 0 unspecified atom stereocenters. The number of aliphatic hydroxyl groups is 1. The summed E-state index contributed by atoms with van der Waals surface area (Å²) in [4.78, 5) is 21.7. The highest BCUT2D eigenvalue weighted by molar-refractivity contribution is 5.95. The molecule has 0 bridgehead atoms. The smallest absolute Gasteiger partial charge is 0.270 e. The van der Waals surface area contributed by atoms with E-state index in [9.17, 15) is 9.90 Å². The van der Waals surface area contributed by atoms with E-state index in [1.807, 2.05) is 55.2 Å². The number of aryl methyl sites for hydroxylation is 2. The third kappa shape index (κ3) is 3.76. The Balaban J connectivity index is 1.65. The number of nitrogens with one attached hydrogen (secondary N) is 1. The van der Waals surface area contributed by atoms with Gasteiger partial charge in [0.1, 0.15) is 11.3 Å². The van der Waals surface area contributed by atoms with E-state index in [0.717, 1.165) is 27.9 Å². The van der Waals surface area contributed by atoms with Gasteiger partial charge in [0.2, 0.25) is 0 Å². The van der Waals surface area contributed by atoms with Gasteiger partial charge in [0, 0.05) is 37.1 Å². The maximum Gasteiger partial charge on any atom is 0.270 e. The fourth-order valence-electron chi connectivity index (χ4n) is 3.49. The van der Waals surface area contributed by atoms with Crippen LogP contribution in [0.3, 0.4) is 0 Å². The average Bonchev–Trinajstić information content (AvgIpc) is 3.07. The number of hydrogen-bond acceptors (Lipinski definition) is 5. The number of aromatic nitrogens is 3. The van der Waals surface area contributed by atoms with Crippen LogP contribution in [-0.2, 0) is 18.2 Å². The molecule has 4 rings (SSSR count). The first kappa shape index (κ1) is 18.6. The zero-order valence-electron chi connectivity index (χ0n) is 16.1. The first-order valence-electron chi connectivity index (χ1n) is 9.44. The standard InChI is InChI=1S/C21H24N4O3/c1-13-3-4-14(11-22-13)9-15-10-17(23-20-16(15)5-7-25(20)2)21(27)24-18-12-28-8-6-19(18)26/h3-5,7,10-11,18-19,26H,6,8-9,12H2,1-2H3,(H,24,27)/t18-,19-/m0/s1. The van der Waals surface area contributed by atoms with E-state index in [-0.39, 0.29) is 5.91 Å². The second kappa shape index (κ2) is 7.69. The van der Waals surface area contributed by atoms with Gasteiger partial charge in [-0.25, -0.2) is 4.98 Å². The fraction of sp³-hybridized carbons (Fsp3) is 0.381. The van der Waals surface area contributed by atoms with E-state index in [2.05, 4.69) is 15.3 Å². The van der Waals surface area contributed by atoms with Crippen molar-refractivity contribution in [3.8, 4) is 0 Å². The van der Waals surface area contributed by atoms with Gasteiger partial charge in [-0.2, -0.15) is 0 Å². The fourth-order valence-corrected chi connectivity index (χ4v) is 3.49. The molecule has 1 saturated heterocycles. The van der Waals surface area contributed by atoms with Crippen molar-refractivity contribution in [3.63, 3.8) is 0 Å². The molecule has 7 nitrogen and oxygen atoms in total. The van der Waals surface area contributed by atoms with E-state index in [1.165, 1.54) is 0 Å². The molecule has 0 aliphatic carbocycles. The number of pyridine rings is 2. The summed E-state index contributed by atoms with van der Waals surface area (Å²) in [5.74, 6) is -0.305. The van der Waals surface area contributed by atoms with E-state index in [1.54, 1.807) is 0 Å². The molecule has 1 aliphatic heterocycles. The molecule has 1 fully saturated rings. The Kier molecular flexibility index (Phi) is 5.11. The molecule has 0 radical (unpaired) electrons. The lowest BCUT2D eigenvalue weighted by atomic mass is 10.0. The highest BCUT2D eigenvalue weighted by Crippen LogP contribution is 2.22. The summed E-state index contributed by atoms with van der Waals surface area (Å²) >= 11 is 0. The molecule has 0 aromatic carbocycles. The van der Waals surface area contributed by atoms with Crippen LogP contribution in [0, 0.1) is 6.92 Å². The van der Waals surface area contributed by atoms with Gasteiger partial charge in [0.05, 0.1) is 18.8 Å². The van der Waals surface area contributed by atoms with Gasteiger partial charge in [-0.3, -0.25) is 9.78 Å². The number of nitrogens with zero attached hydrogens (tertiary/aromatic N) is 3. The predicted molar refractivity (Wildman–Crippen MR) is 105 cm³/mol. The summed E-state index contributed by atoms with van der Waals surface area (Å²) in [6.45, 7) is 2.77. The average molecular weight is 380 g/mol. The number of aliphatic hydroxyl groups excluding tert-OH is 1. The molecular formula is C21H24N4O3. The van der Waals surface area contributed by atoms with E-state index in [4.69, 9.17) is 4.74 Å². The van der Waals surface area contributed by atoms with E-state index >= 15 is 0 Å². The van der Waals surface area contributed by atoms with Crippen LogP contribution in [-0.4, -0.2) is 50.9 Å². The normalized spacial score (nSPS) is 19.7. The molecule has 7 heteroatoms. The molecular weight excluding hydrogens is 356 g/mol. The lowest BCUT2D eigenvalue weighted by Crippen LogP contribution is -2.49. The van der Waals surface area contributed by atoms with Crippen LogP contribution in [0.25, 0.3) is 11.0 Å². The minimum absolute atomic E-state index is 0.305. The largest absolute Gasteiger partial charge is 0.391 e. The Hall–Kier alpha value is -2.77. The molecule has 3 aromatic rings. The third-order valence-corrected chi connectivity index (χ3v) is 5.16. The zero-order valence-corrected chi connectivity index (χ0v) is 16.1. The monoisotopic (exact) mass is 380 g/mol. The van der Waals surface area contributed by atoms with Crippen LogP contribution in [0.5, 0.6) is 0 Å². The highest BCUT2D eigenvalue weighted by atomic mass is 16.5. The second-order valence-electron chi connectivity index (χ2n) is 7.33. The number of amides is 1. The van der Waals surface area contributed by atoms with Crippen molar-refractivity contribution in [2.75, 3.05) is 13.2 Å². The van der Waals surface area contributed by atoms with E-state index < -0.39 is 12.1 Å². The molecule has 0 spiro atoms. The van der Waals surface area contributed by atoms with Gasteiger partial charge < -0.3 is 19.7 Å². The van der Waals surface area contributed by atoms with Crippen LogP contribution in [0.1, 0.15) is 33.7 Å². The van der Waals surface area contributed by atoms with Crippen molar-refractivity contribution in [1.29, 1.82) is 0 Å². The summed E-state index contributed by atoms with van der Waals surface area (Å²) in [6, 6.07) is 7.45. The second-order valence-corrected chi connectivity index (χ2v) is 7.33. The van der Waals surface area contributed by atoms with Crippen LogP contribution < -0.4 is 5.32 Å². The summed E-state index contributed by atoms with van der Waals surface area (Å²) < 4.78 is 7.28. The van der Waals surface area contributed by atoms with E-state index in [0.29, 0.717) is 31.7 Å². The number of rotatable bonds is 4. The Morgan fingerprint density at radius 3 is 3.00 bits per heavy atom. The number of fused-ring (bicyclic) bond motifs is 1. The van der Waals surface area contributed by atoms with Gasteiger partial charge in [-0.15, -0.1) is 0 Å². The maximum absolute atomic E-state index is 12.8. The van der Waals surface area contributed by atoms with Crippen molar-refractivity contribution in [2.45, 2.75) is 31.9 Å². The first-order valence-corrected chi connectivity index (χ1v) is 9.44. The van der Waals surface area contributed by atoms with Crippen molar-refractivity contribution >= 4 is 16.9 Å². The van der Waals surface area contributed by atoms with Crippen LogP contribution in [0.2, 0.25) is 0 Å². The van der Waals surface area contributed by atoms with Crippen LogP contribution >= 0.6 is 0 Å². The molecule has 4 heterocycles. The van der Waals surface area contributed by atoms with Gasteiger partial charge in [0.15, 0.2) is 0 Å². The molecule has 1 aliphatic rings. The van der Waals surface area contributed by atoms with Crippen molar-refractivity contribution < 1.29 is 14.6 Å². The van der Waals surface area contributed by atoms with Crippen LogP contribution in [0.15, 0.2) is 36.7 Å². The highest BCUT2D eigenvalue weighted by Gasteiger charge is 2.26. The quantitative estimate of drug-likeness (QED) is 0.720. The minimum atomic E-state index is -0.602. The van der Waals surface area contributed by atoms with Crippen LogP contribution in [0.4, 0.5) is 0 Å². The lowest BCUT2D eigenvalue weighted by Gasteiger charge is -2.28. The Morgan fingerprint density at radius 1 is 1.39 bits per heavy atom. The Labute approximate surface area is 163 Å². The molecule has 3 aromatic heterocycles. The maximum atomic E-state index is 12.8. The molecule has 2 atom stereocenters. The number of carbonyl (C=O) groups excluding carboxylic acids is 1. The molecule has 146 valence electrons. The number of carbonyl (C=O) groups is 1. The summed E-state index contributed by atoms with van der Waals surface area (Å²) in [6.07, 6.45) is 4.37. The predicted octanol–water partition coefficient (Wildman–Crippen LogP) is 1.75. The van der Waals surface area contributed by atoms with Gasteiger partial charge >= 0.3 is 0 Å². The molecule has 1 amide bonds. The van der Waals surface area contributed by atoms with Gasteiger partial charge in [-0.1, -0.05) is 6.07 Å². The SMILES string of the molecule is Cc1ccc(Cc2cc(C(=O)N[C@H]3COCC[C@@H]3O)nc3c2ccn3C)cn1. The van der Waals surface area contributed by atoms with Gasteiger partial charge in [0.25, 0.3) is 5.91 Å². The zero-order chi connectivity index (χ0) is 19.7. The summed E-state index contributed by atoms with van der Waals surface area (Å²) in [7, 11) is 1.91. The molecule has 2 N–H and O–H groups in total.